The Labute approximate surface area is 107 Å². The van der Waals surface area contributed by atoms with Crippen LogP contribution in [0.3, 0.4) is 0 Å². The molecule has 0 spiro atoms. The fourth-order valence-electron chi connectivity index (χ4n) is 2.36. The van der Waals surface area contributed by atoms with Crippen molar-refractivity contribution in [2.45, 2.75) is 51.5 Å². The summed E-state index contributed by atoms with van der Waals surface area (Å²) in [4.78, 5) is 4.46. The van der Waals surface area contributed by atoms with Gasteiger partial charge >= 0.3 is 0 Å². The Kier molecular flexibility index (Phi) is 4.74. The van der Waals surface area contributed by atoms with E-state index in [1.807, 2.05) is 0 Å². The quantitative estimate of drug-likeness (QED) is 0.847. The molecular formula is C12H22N4S. The molecule has 0 aliphatic heterocycles. The van der Waals surface area contributed by atoms with Crippen molar-refractivity contribution in [1.82, 2.24) is 9.36 Å². The van der Waals surface area contributed by atoms with E-state index >= 15 is 0 Å². The number of hydrogen-bond acceptors (Lipinski definition) is 5. The first kappa shape index (κ1) is 12.8. The largest absolute Gasteiger partial charge is 0.360 e. The Morgan fingerprint density at radius 2 is 2.24 bits per heavy atom. The lowest BCUT2D eigenvalue weighted by molar-refractivity contribution is 0.321. The molecule has 0 aromatic carbocycles. The molecule has 1 heterocycles. The van der Waals surface area contributed by atoms with Gasteiger partial charge in [0.2, 0.25) is 5.13 Å². The summed E-state index contributed by atoms with van der Waals surface area (Å²) in [5.41, 5.74) is 6.12. The zero-order valence-electron chi connectivity index (χ0n) is 10.5. The van der Waals surface area contributed by atoms with Crippen LogP contribution in [0, 0.1) is 5.92 Å². The third-order valence-electron chi connectivity index (χ3n) is 3.43. The third-order valence-corrected chi connectivity index (χ3v) is 4.14. The highest BCUT2D eigenvalue weighted by Gasteiger charge is 2.21. The summed E-state index contributed by atoms with van der Waals surface area (Å²) in [5, 5.41) is 4.34. The molecule has 17 heavy (non-hydrogen) atoms. The minimum atomic E-state index is 0.360. The van der Waals surface area contributed by atoms with Gasteiger partial charge in [0, 0.05) is 30.5 Å². The Balaban J connectivity index is 1.79. The second kappa shape index (κ2) is 6.31. The summed E-state index contributed by atoms with van der Waals surface area (Å²) in [6, 6.07) is 0.360. The Morgan fingerprint density at radius 1 is 1.41 bits per heavy atom. The highest BCUT2D eigenvalue weighted by atomic mass is 32.1. The first-order valence-electron chi connectivity index (χ1n) is 6.61. The standard InChI is InChI=1S/C12H22N4S/c1-2-5-11-15-12(17-16-11)14-8-9-6-3-4-7-10(9)13/h9-10H,2-8,13H2,1H3,(H,14,15,16). The summed E-state index contributed by atoms with van der Waals surface area (Å²) in [6.45, 7) is 3.09. The normalized spacial score (nSPS) is 24.8. The van der Waals surface area contributed by atoms with Crippen molar-refractivity contribution in [3.63, 3.8) is 0 Å². The van der Waals surface area contributed by atoms with Gasteiger partial charge in [-0.1, -0.05) is 19.8 Å². The van der Waals surface area contributed by atoms with Crippen LogP contribution in [0.5, 0.6) is 0 Å². The Bertz CT molecular complexity index is 339. The number of nitrogens with zero attached hydrogens (tertiary/aromatic N) is 2. The number of rotatable bonds is 5. The molecule has 1 aromatic heterocycles. The summed E-state index contributed by atoms with van der Waals surface area (Å²) >= 11 is 1.47. The predicted octanol–water partition coefficient (Wildman–Crippen LogP) is 2.42. The number of aryl methyl sites for hydroxylation is 1. The topological polar surface area (TPSA) is 63.8 Å². The summed E-state index contributed by atoms with van der Waals surface area (Å²) in [6.07, 6.45) is 7.09. The van der Waals surface area contributed by atoms with Gasteiger partial charge in [-0.2, -0.15) is 4.37 Å². The lowest BCUT2D eigenvalue weighted by atomic mass is 9.85. The first-order chi connectivity index (χ1) is 8.29. The van der Waals surface area contributed by atoms with Crippen LogP contribution in [0.4, 0.5) is 5.13 Å². The summed E-state index contributed by atoms with van der Waals surface area (Å²) in [7, 11) is 0. The van der Waals surface area contributed by atoms with Crippen LogP contribution in [-0.2, 0) is 6.42 Å². The number of anilines is 1. The zero-order valence-corrected chi connectivity index (χ0v) is 11.3. The highest BCUT2D eigenvalue weighted by molar-refractivity contribution is 7.09. The second-order valence-corrected chi connectivity index (χ2v) is 5.61. The van der Waals surface area contributed by atoms with Crippen LogP contribution in [0.25, 0.3) is 0 Å². The average Bonchev–Trinajstić information content (AvgIpc) is 2.76. The molecule has 2 unspecified atom stereocenters. The Morgan fingerprint density at radius 3 is 3.00 bits per heavy atom. The van der Waals surface area contributed by atoms with Crippen LogP contribution in [0.15, 0.2) is 0 Å². The van der Waals surface area contributed by atoms with E-state index < -0.39 is 0 Å². The summed E-state index contributed by atoms with van der Waals surface area (Å²) in [5.74, 6) is 1.57. The van der Waals surface area contributed by atoms with Gasteiger partial charge in [0.25, 0.3) is 0 Å². The predicted molar refractivity (Wildman–Crippen MR) is 72.3 cm³/mol. The number of nitrogens with one attached hydrogen (secondary N) is 1. The Hall–Kier alpha value is -0.680. The number of aromatic nitrogens is 2. The van der Waals surface area contributed by atoms with E-state index in [4.69, 9.17) is 5.73 Å². The molecule has 0 saturated heterocycles. The van der Waals surface area contributed by atoms with Crippen molar-refractivity contribution in [2.24, 2.45) is 11.7 Å². The van der Waals surface area contributed by atoms with E-state index in [9.17, 15) is 0 Å². The SMILES string of the molecule is CCCc1nsc(NCC2CCCCC2N)n1. The lowest BCUT2D eigenvalue weighted by Gasteiger charge is -2.28. The first-order valence-corrected chi connectivity index (χ1v) is 7.39. The van der Waals surface area contributed by atoms with E-state index in [0.717, 1.165) is 30.3 Å². The molecule has 0 radical (unpaired) electrons. The third kappa shape index (κ3) is 3.64. The van der Waals surface area contributed by atoms with Crippen LogP contribution in [0.1, 0.15) is 44.9 Å². The van der Waals surface area contributed by atoms with Gasteiger partial charge in [-0.05, 0) is 25.2 Å². The van der Waals surface area contributed by atoms with E-state index in [1.54, 1.807) is 0 Å². The van der Waals surface area contributed by atoms with Crippen LogP contribution in [-0.4, -0.2) is 21.9 Å². The summed E-state index contributed by atoms with van der Waals surface area (Å²) < 4.78 is 4.33. The molecule has 0 bridgehead atoms. The zero-order chi connectivity index (χ0) is 12.1. The maximum absolute atomic E-state index is 6.12. The second-order valence-electron chi connectivity index (χ2n) is 4.86. The van der Waals surface area contributed by atoms with E-state index in [-0.39, 0.29) is 0 Å². The van der Waals surface area contributed by atoms with Gasteiger partial charge < -0.3 is 11.1 Å². The van der Waals surface area contributed by atoms with Gasteiger partial charge in [-0.15, -0.1) is 0 Å². The minimum absolute atomic E-state index is 0.360. The molecule has 1 aliphatic rings. The molecule has 2 rings (SSSR count). The van der Waals surface area contributed by atoms with Gasteiger partial charge in [-0.25, -0.2) is 4.98 Å². The van der Waals surface area contributed by atoms with Gasteiger partial charge in [0.05, 0.1) is 0 Å². The molecule has 1 aromatic rings. The molecule has 4 nitrogen and oxygen atoms in total. The molecule has 1 aliphatic carbocycles. The maximum atomic E-state index is 6.12. The monoisotopic (exact) mass is 254 g/mol. The molecule has 0 amide bonds. The van der Waals surface area contributed by atoms with Crippen molar-refractivity contribution >= 4 is 16.7 Å². The fraction of sp³-hybridized carbons (Fsp3) is 0.833. The average molecular weight is 254 g/mol. The molecule has 3 N–H and O–H groups in total. The van der Waals surface area contributed by atoms with Crippen molar-refractivity contribution in [2.75, 3.05) is 11.9 Å². The van der Waals surface area contributed by atoms with Crippen molar-refractivity contribution in [1.29, 1.82) is 0 Å². The number of hydrogen-bond donors (Lipinski definition) is 2. The molecule has 2 atom stereocenters. The number of nitrogens with two attached hydrogens (primary N) is 1. The maximum Gasteiger partial charge on any atom is 0.202 e. The van der Waals surface area contributed by atoms with Crippen LogP contribution < -0.4 is 11.1 Å². The van der Waals surface area contributed by atoms with Crippen LogP contribution >= 0.6 is 11.5 Å². The molecule has 1 fully saturated rings. The van der Waals surface area contributed by atoms with Crippen LogP contribution in [0.2, 0.25) is 0 Å². The molecule has 96 valence electrons. The minimum Gasteiger partial charge on any atom is -0.360 e. The molecular weight excluding hydrogens is 232 g/mol. The van der Waals surface area contributed by atoms with Crippen molar-refractivity contribution in [3.05, 3.63) is 5.82 Å². The van der Waals surface area contributed by atoms with Crippen molar-refractivity contribution in [3.8, 4) is 0 Å². The van der Waals surface area contributed by atoms with Crippen molar-refractivity contribution < 1.29 is 0 Å². The van der Waals surface area contributed by atoms with E-state index in [0.29, 0.717) is 12.0 Å². The molecule has 1 saturated carbocycles. The fourth-order valence-corrected chi connectivity index (χ4v) is 2.98. The van der Waals surface area contributed by atoms with Gasteiger partial charge in [0.1, 0.15) is 5.82 Å². The van der Waals surface area contributed by atoms with E-state index in [2.05, 4.69) is 21.6 Å². The smallest absolute Gasteiger partial charge is 0.202 e. The lowest BCUT2D eigenvalue weighted by Crippen LogP contribution is -2.37. The highest BCUT2D eigenvalue weighted by Crippen LogP contribution is 2.23. The van der Waals surface area contributed by atoms with Gasteiger partial charge in [0.15, 0.2) is 0 Å². The van der Waals surface area contributed by atoms with E-state index in [1.165, 1.54) is 37.2 Å². The van der Waals surface area contributed by atoms with Gasteiger partial charge in [-0.3, -0.25) is 0 Å². The molecule has 5 heteroatoms.